The number of aryl methyl sites for hydroxylation is 2. The Balaban J connectivity index is 1.74. The van der Waals surface area contributed by atoms with Gasteiger partial charge in [-0.25, -0.2) is 0 Å². The molecule has 33 heavy (non-hydrogen) atoms. The minimum atomic E-state index is -0.118. The highest BCUT2D eigenvalue weighted by Crippen LogP contribution is 2.40. The molecule has 0 spiro atoms. The Morgan fingerprint density at radius 2 is 1.76 bits per heavy atom. The molecule has 4 aromatic heterocycles. The van der Waals surface area contributed by atoms with E-state index in [-0.39, 0.29) is 5.56 Å². The molecule has 7 nitrogen and oxygen atoms in total. The molecule has 164 valence electrons. The van der Waals surface area contributed by atoms with Crippen molar-refractivity contribution in [2.45, 2.75) is 27.0 Å². The van der Waals surface area contributed by atoms with Crippen LogP contribution in [0.2, 0.25) is 0 Å². The van der Waals surface area contributed by atoms with Crippen LogP contribution in [-0.4, -0.2) is 19.7 Å². The van der Waals surface area contributed by atoms with Crippen LogP contribution in [-0.2, 0) is 13.2 Å². The summed E-state index contributed by atoms with van der Waals surface area (Å²) in [4.78, 5) is 21.6. The first-order valence-electron chi connectivity index (χ1n) is 10.6. The molecule has 0 aliphatic heterocycles. The largest absolute Gasteiger partial charge is 0.488 e. The molecule has 1 aromatic carbocycles. The van der Waals surface area contributed by atoms with Crippen LogP contribution < -0.4 is 10.3 Å². The molecule has 5 rings (SSSR count). The second-order valence-electron chi connectivity index (χ2n) is 7.80. The third-order valence-corrected chi connectivity index (χ3v) is 5.59. The summed E-state index contributed by atoms with van der Waals surface area (Å²) in [6, 6.07) is 16.8. The van der Waals surface area contributed by atoms with Crippen molar-refractivity contribution in [2.75, 3.05) is 0 Å². The number of pyridine rings is 3. The molecule has 0 fully saturated rings. The summed E-state index contributed by atoms with van der Waals surface area (Å²) in [5.41, 5.74) is 4.77. The average molecular weight is 438 g/mol. The molecule has 0 saturated carbocycles. The van der Waals surface area contributed by atoms with E-state index in [2.05, 4.69) is 15.1 Å². The fraction of sp³-hybridized carbons (Fsp3) is 0.154. The maximum atomic E-state index is 13.1. The van der Waals surface area contributed by atoms with Crippen molar-refractivity contribution in [1.82, 2.24) is 19.7 Å². The van der Waals surface area contributed by atoms with Gasteiger partial charge in [0.15, 0.2) is 0 Å². The van der Waals surface area contributed by atoms with Crippen LogP contribution in [0.25, 0.3) is 22.0 Å². The molecule has 0 bridgehead atoms. The lowest BCUT2D eigenvalue weighted by Gasteiger charge is -2.18. The van der Waals surface area contributed by atoms with Crippen LogP contribution in [0, 0.1) is 13.8 Å². The van der Waals surface area contributed by atoms with Crippen molar-refractivity contribution >= 4 is 10.9 Å². The predicted molar refractivity (Wildman–Crippen MR) is 125 cm³/mol. The van der Waals surface area contributed by atoms with E-state index in [1.54, 1.807) is 29.2 Å². The third-order valence-electron chi connectivity index (χ3n) is 5.59. The van der Waals surface area contributed by atoms with E-state index in [1.807, 2.05) is 62.4 Å². The molecule has 0 atom stereocenters. The van der Waals surface area contributed by atoms with Crippen LogP contribution in [0.3, 0.4) is 0 Å². The smallest absolute Gasteiger partial charge is 0.251 e. The van der Waals surface area contributed by atoms with Gasteiger partial charge in [-0.1, -0.05) is 11.2 Å². The number of rotatable bonds is 6. The van der Waals surface area contributed by atoms with Gasteiger partial charge in [0, 0.05) is 24.7 Å². The monoisotopic (exact) mass is 438 g/mol. The molecule has 0 unspecified atom stereocenters. The zero-order valence-electron chi connectivity index (χ0n) is 18.4. The van der Waals surface area contributed by atoms with Gasteiger partial charge >= 0.3 is 0 Å². The van der Waals surface area contributed by atoms with Crippen LogP contribution in [0.4, 0.5) is 0 Å². The van der Waals surface area contributed by atoms with Crippen LogP contribution in [0.5, 0.6) is 5.75 Å². The summed E-state index contributed by atoms with van der Waals surface area (Å²) >= 11 is 0. The Kier molecular flexibility index (Phi) is 5.44. The van der Waals surface area contributed by atoms with Gasteiger partial charge < -0.3 is 13.8 Å². The van der Waals surface area contributed by atoms with Crippen molar-refractivity contribution in [3.63, 3.8) is 0 Å². The highest BCUT2D eigenvalue weighted by Gasteiger charge is 2.22. The molecule has 0 aliphatic rings. The molecule has 7 heteroatoms. The standard InChI is InChI=1S/C26H22N4O3/c1-17-24(18(2)33-29-17)25-22(32-16-19-10-13-27-14-11-19)8-6-20-7-9-23(31)30(26(20)25)15-21-5-3-4-12-28-21/h3-14H,15-16H2,1-2H3. The van der Waals surface area contributed by atoms with Crippen LogP contribution >= 0.6 is 0 Å². The molecule has 0 amide bonds. The summed E-state index contributed by atoms with van der Waals surface area (Å²) < 4.78 is 13.5. The van der Waals surface area contributed by atoms with Gasteiger partial charge in [0.2, 0.25) is 0 Å². The maximum absolute atomic E-state index is 13.1. The van der Waals surface area contributed by atoms with Crippen molar-refractivity contribution in [2.24, 2.45) is 0 Å². The maximum Gasteiger partial charge on any atom is 0.251 e. The summed E-state index contributed by atoms with van der Waals surface area (Å²) in [7, 11) is 0. The van der Waals surface area contributed by atoms with Crippen molar-refractivity contribution in [3.05, 3.63) is 106 Å². The van der Waals surface area contributed by atoms with E-state index in [0.29, 0.717) is 24.7 Å². The number of ether oxygens (including phenoxy) is 1. The molecule has 0 aliphatic carbocycles. The van der Waals surface area contributed by atoms with Gasteiger partial charge in [0.25, 0.3) is 5.56 Å². The van der Waals surface area contributed by atoms with Gasteiger partial charge in [0.1, 0.15) is 18.1 Å². The van der Waals surface area contributed by atoms with Gasteiger partial charge in [0.05, 0.1) is 34.6 Å². The molecule has 4 heterocycles. The first-order chi connectivity index (χ1) is 16.1. The Labute approximate surface area is 190 Å². The number of hydrogen-bond donors (Lipinski definition) is 0. The van der Waals surface area contributed by atoms with Crippen molar-refractivity contribution < 1.29 is 9.26 Å². The summed E-state index contributed by atoms with van der Waals surface area (Å²) in [6.07, 6.45) is 5.20. The lowest BCUT2D eigenvalue weighted by atomic mass is 9.98. The molecule has 0 saturated heterocycles. The second kappa shape index (κ2) is 8.70. The Morgan fingerprint density at radius 1 is 0.939 bits per heavy atom. The fourth-order valence-electron chi connectivity index (χ4n) is 4.03. The highest BCUT2D eigenvalue weighted by atomic mass is 16.5. The van der Waals surface area contributed by atoms with E-state index in [0.717, 1.165) is 39.0 Å². The summed E-state index contributed by atoms with van der Waals surface area (Å²) in [5, 5.41) is 5.07. The molecule has 5 aromatic rings. The zero-order valence-corrected chi connectivity index (χ0v) is 18.4. The molecular weight excluding hydrogens is 416 g/mol. The van der Waals surface area contributed by atoms with Crippen LogP contribution in [0.15, 0.2) is 82.5 Å². The van der Waals surface area contributed by atoms with Gasteiger partial charge in [-0.2, -0.15) is 0 Å². The molecule has 0 N–H and O–H groups in total. The minimum absolute atomic E-state index is 0.118. The SMILES string of the molecule is Cc1noc(C)c1-c1c(OCc2ccncc2)ccc2ccc(=O)n(Cc3ccccn3)c12. The first kappa shape index (κ1) is 20.6. The number of hydrogen-bond acceptors (Lipinski definition) is 6. The Bertz CT molecular complexity index is 1460. The second-order valence-corrected chi connectivity index (χ2v) is 7.80. The quantitative estimate of drug-likeness (QED) is 0.382. The van der Waals surface area contributed by atoms with Crippen molar-refractivity contribution in [3.8, 4) is 16.9 Å². The molecular formula is C26H22N4O3. The van der Waals surface area contributed by atoms with E-state index >= 15 is 0 Å². The van der Waals surface area contributed by atoms with Crippen LogP contribution in [0.1, 0.15) is 22.7 Å². The van der Waals surface area contributed by atoms with E-state index in [9.17, 15) is 4.79 Å². The van der Waals surface area contributed by atoms with Gasteiger partial charge in [-0.3, -0.25) is 14.8 Å². The third kappa shape index (κ3) is 4.01. The van der Waals surface area contributed by atoms with E-state index in [4.69, 9.17) is 9.26 Å². The summed E-state index contributed by atoms with van der Waals surface area (Å²) in [6.45, 7) is 4.45. The number of nitrogens with zero attached hydrogens (tertiary/aromatic N) is 4. The predicted octanol–water partition coefficient (Wildman–Crippen LogP) is 4.69. The lowest BCUT2D eigenvalue weighted by Crippen LogP contribution is -2.21. The highest BCUT2D eigenvalue weighted by molar-refractivity contribution is 5.98. The summed E-state index contributed by atoms with van der Waals surface area (Å²) in [5.74, 6) is 1.31. The normalized spacial score (nSPS) is 11.1. The zero-order chi connectivity index (χ0) is 22.8. The number of aromatic nitrogens is 4. The first-order valence-corrected chi connectivity index (χ1v) is 10.6. The Morgan fingerprint density at radius 3 is 2.48 bits per heavy atom. The minimum Gasteiger partial charge on any atom is -0.488 e. The molecule has 0 radical (unpaired) electrons. The fourth-order valence-corrected chi connectivity index (χ4v) is 4.03. The topological polar surface area (TPSA) is 83.0 Å². The average Bonchev–Trinajstić information content (AvgIpc) is 3.18. The lowest BCUT2D eigenvalue weighted by molar-refractivity contribution is 0.307. The van der Waals surface area contributed by atoms with Gasteiger partial charge in [-0.05, 0) is 67.3 Å². The van der Waals surface area contributed by atoms with E-state index < -0.39 is 0 Å². The number of fused-ring (bicyclic) bond motifs is 1. The Hall–Kier alpha value is -4.26. The van der Waals surface area contributed by atoms with Gasteiger partial charge in [-0.15, -0.1) is 0 Å². The van der Waals surface area contributed by atoms with Crippen molar-refractivity contribution in [1.29, 1.82) is 0 Å². The van der Waals surface area contributed by atoms with E-state index in [1.165, 1.54) is 0 Å². The number of benzene rings is 1.